The summed E-state index contributed by atoms with van der Waals surface area (Å²) in [6, 6.07) is 6.06. The summed E-state index contributed by atoms with van der Waals surface area (Å²) in [4.78, 5) is 10.7. The van der Waals surface area contributed by atoms with Crippen molar-refractivity contribution in [3.63, 3.8) is 0 Å². The molecule has 0 radical (unpaired) electrons. The highest BCUT2D eigenvalue weighted by molar-refractivity contribution is 5.94. The molecule has 0 aliphatic carbocycles. The normalized spacial score (nSPS) is 11.3. The summed E-state index contributed by atoms with van der Waals surface area (Å²) in [5.41, 5.74) is 0.795. The molecular formula is C11H13F3N2O2. The fraction of sp³-hybridized carbons (Fsp3) is 0.364. The Morgan fingerprint density at radius 3 is 2.67 bits per heavy atom. The smallest absolute Gasteiger partial charge is 0.395 e. The zero-order valence-corrected chi connectivity index (χ0v) is 9.42. The van der Waals surface area contributed by atoms with E-state index in [1.807, 2.05) is 0 Å². The first-order valence-electron chi connectivity index (χ1n) is 5.22. The van der Waals surface area contributed by atoms with Crippen molar-refractivity contribution in [2.45, 2.75) is 12.7 Å². The lowest BCUT2D eigenvalue weighted by atomic mass is 10.2. The van der Waals surface area contributed by atoms with Crippen molar-refractivity contribution in [2.24, 2.45) is 0 Å². The average molecular weight is 262 g/mol. The molecule has 1 amide bonds. The number of benzene rings is 1. The van der Waals surface area contributed by atoms with Crippen molar-refractivity contribution < 1.29 is 23.1 Å². The molecule has 1 rings (SSSR count). The third-order valence-corrected chi connectivity index (χ3v) is 2.06. The van der Waals surface area contributed by atoms with Crippen LogP contribution in [0.15, 0.2) is 24.3 Å². The largest absolute Gasteiger partial charge is 0.471 e. The molecule has 0 saturated heterocycles. The number of carbonyl (C=O) groups is 1. The van der Waals surface area contributed by atoms with Gasteiger partial charge in [-0.2, -0.15) is 13.2 Å². The van der Waals surface area contributed by atoms with E-state index in [9.17, 15) is 18.0 Å². The molecule has 0 unspecified atom stereocenters. The molecule has 0 atom stereocenters. The van der Waals surface area contributed by atoms with Crippen LogP contribution in [0.2, 0.25) is 0 Å². The lowest BCUT2D eigenvalue weighted by Gasteiger charge is -2.09. The molecule has 0 aliphatic rings. The number of halogens is 3. The third kappa shape index (κ3) is 4.72. The van der Waals surface area contributed by atoms with Crippen LogP contribution in [-0.2, 0) is 11.3 Å². The molecule has 18 heavy (non-hydrogen) atoms. The van der Waals surface area contributed by atoms with Gasteiger partial charge >= 0.3 is 12.1 Å². The quantitative estimate of drug-likeness (QED) is 0.700. The zero-order valence-electron chi connectivity index (χ0n) is 9.42. The SMILES string of the molecule is O=C(Nc1cccc(CNCCO)c1)C(F)(F)F. The van der Waals surface area contributed by atoms with Crippen LogP contribution in [0.25, 0.3) is 0 Å². The van der Waals surface area contributed by atoms with Crippen LogP contribution in [0.1, 0.15) is 5.56 Å². The molecule has 1 aromatic carbocycles. The van der Waals surface area contributed by atoms with Crippen LogP contribution in [0, 0.1) is 0 Å². The summed E-state index contributed by atoms with van der Waals surface area (Å²) < 4.78 is 36.1. The van der Waals surface area contributed by atoms with E-state index < -0.39 is 12.1 Å². The minimum absolute atomic E-state index is 0.0233. The van der Waals surface area contributed by atoms with E-state index in [0.29, 0.717) is 18.7 Å². The van der Waals surface area contributed by atoms with Gasteiger partial charge in [0.05, 0.1) is 6.61 Å². The second-order valence-corrected chi connectivity index (χ2v) is 3.55. The number of aliphatic hydroxyl groups excluding tert-OH is 1. The Kier molecular flexibility index (Phi) is 5.11. The fourth-order valence-corrected chi connectivity index (χ4v) is 1.27. The molecule has 100 valence electrons. The Hall–Kier alpha value is -1.60. The van der Waals surface area contributed by atoms with Gasteiger partial charge in [-0.1, -0.05) is 12.1 Å². The predicted molar refractivity (Wildman–Crippen MR) is 59.9 cm³/mol. The highest BCUT2D eigenvalue weighted by atomic mass is 19.4. The molecule has 0 bridgehead atoms. The van der Waals surface area contributed by atoms with Crippen molar-refractivity contribution in [3.8, 4) is 0 Å². The molecule has 0 saturated carbocycles. The first-order chi connectivity index (χ1) is 8.43. The summed E-state index contributed by atoms with van der Waals surface area (Å²) in [6.45, 7) is 0.764. The van der Waals surface area contributed by atoms with E-state index in [1.54, 1.807) is 17.4 Å². The van der Waals surface area contributed by atoms with Crippen LogP contribution in [-0.4, -0.2) is 30.3 Å². The minimum Gasteiger partial charge on any atom is -0.395 e. The lowest BCUT2D eigenvalue weighted by molar-refractivity contribution is -0.167. The van der Waals surface area contributed by atoms with Gasteiger partial charge < -0.3 is 15.7 Å². The maximum Gasteiger partial charge on any atom is 0.471 e. The number of hydrogen-bond donors (Lipinski definition) is 3. The topological polar surface area (TPSA) is 61.4 Å². The summed E-state index contributed by atoms with van der Waals surface area (Å²) >= 11 is 0. The van der Waals surface area contributed by atoms with Gasteiger partial charge in [0.2, 0.25) is 0 Å². The minimum atomic E-state index is -4.90. The van der Waals surface area contributed by atoms with Gasteiger partial charge in [-0.05, 0) is 17.7 Å². The van der Waals surface area contributed by atoms with Gasteiger partial charge in [0.25, 0.3) is 0 Å². The molecule has 0 aromatic heterocycles. The van der Waals surface area contributed by atoms with Gasteiger partial charge in [-0.15, -0.1) is 0 Å². The Bertz CT molecular complexity index is 408. The third-order valence-electron chi connectivity index (χ3n) is 2.06. The molecular weight excluding hydrogens is 249 g/mol. The Morgan fingerprint density at radius 2 is 2.06 bits per heavy atom. The van der Waals surface area contributed by atoms with E-state index in [0.717, 1.165) is 0 Å². The van der Waals surface area contributed by atoms with E-state index in [2.05, 4.69) is 5.32 Å². The molecule has 7 heteroatoms. The number of carbonyl (C=O) groups excluding carboxylic acids is 1. The van der Waals surface area contributed by atoms with Crippen LogP contribution in [0.3, 0.4) is 0 Å². The lowest BCUT2D eigenvalue weighted by Crippen LogP contribution is -2.30. The Morgan fingerprint density at radius 1 is 1.33 bits per heavy atom. The first kappa shape index (κ1) is 14.5. The summed E-state index contributed by atoms with van der Waals surface area (Å²) in [5, 5.41) is 13.2. The number of alkyl halides is 3. The second-order valence-electron chi connectivity index (χ2n) is 3.55. The number of amides is 1. The van der Waals surface area contributed by atoms with Crippen LogP contribution in [0.4, 0.5) is 18.9 Å². The van der Waals surface area contributed by atoms with Gasteiger partial charge in [-0.3, -0.25) is 4.79 Å². The zero-order chi connectivity index (χ0) is 13.6. The molecule has 1 aromatic rings. The van der Waals surface area contributed by atoms with E-state index in [4.69, 9.17) is 5.11 Å². The van der Waals surface area contributed by atoms with Crippen molar-refractivity contribution in [3.05, 3.63) is 29.8 Å². The highest BCUT2D eigenvalue weighted by Crippen LogP contribution is 2.18. The average Bonchev–Trinajstić information content (AvgIpc) is 2.28. The molecule has 4 nitrogen and oxygen atoms in total. The van der Waals surface area contributed by atoms with Gasteiger partial charge in [-0.25, -0.2) is 0 Å². The van der Waals surface area contributed by atoms with Crippen molar-refractivity contribution in [1.29, 1.82) is 0 Å². The molecule has 0 spiro atoms. The van der Waals surface area contributed by atoms with Crippen LogP contribution >= 0.6 is 0 Å². The van der Waals surface area contributed by atoms with E-state index in [1.165, 1.54) is 12.1 Å². The fourth-order valence-electron chi connectivity index (χ4n) is 1.27. The standard InChI is InChI=1S/C11H13F3N2O2/c12-11(13,14)10(18)16-9-3-1-2-8(6-9)7-15-4-5-17/h1-3,6,15,17H,4-5,7H2,(H,16,18). The maximum absolute atomic E-state index is 12.0. The predicted octanol–water partition coefficient (Wildman–Crippen LogP) is 1.27. The summed E-state index contributed by atoms with van der Waals surface area (Å²) in [7, 11) is 0. The van der Waals surface area contributed by atoms with Crippen molar-refractivity contribution in [1.82, 2.24) is 5.32 Å². The Labute approximate surface area is 102 Å². The highest BCUT2D eigenvalue weighted by Gasteiger charge is 2.38. The number of rotatable bonds is 5. The monoisotopic (exact) mass is 262 g/mol. The van der Waals surface area contributed by atoms with Crippen molar-refractivity contribution >= 4 is 11.6 Å². The first-order valence-corrected chi connectivity index (χ1v) is 5.22. The Balaban J connectivity index is 2.62. The summed E-state index contributed by atoms with van der Waals surface area (Å²) in [5.74, 6) is -2.00. The van der Waals surface area contributed by atoms with E-state index in [-0.39, 0.29) is 12.3 Å². The number of nitrogens with one attached hydrogen (secondary N) is 2. The molecule has 0 fully saturated rings. The number of aliphatic hydroxyl groups is 1. The van der Waals surface area contributed by atoms with Crippen LogP contribution < -0.4 is 10.6 Å². The van der Waals surface area contributed by atoms with Crippen LogP contribution in [0.5, 0.6) is 0 Å². The number of anilines is 1. The van der Waals surface area contributed by atoms with Gasteiger partial charge in [0.1, 0.15) is 0 Å². The summed E-state index contributed by atoms with van der Waals surface area (Å²) in [6.07, 6.45) is -4.90. The molecule has 3 N–H and O–H groups in total. The number of hydrogen-bond acceptors (Lipinski definition) is 3. The van der Waals surface area contributed by atoms with E-state index >= 15 is 0 Å². The molecule has 0 aliphatic heterocycles. The van der Waals surface area contributed by atoms with Crippen molar-refractivity contribution in [2.75, 3.05) is 18.5 Å². The molecule has 0 heterocycles. The second kappa shape index (κ2) is 6.36. The van der Waals surface area contributed by atoms with Gasteiger partial charge in [0.15, 0.2) is 0 Å². The maximum atomic E-state index is 12.0. The van der Waals surface area contributed by atoms with Gasteiger partial charge in [0, 0.05) is 18.8 Å².